The first kappa shape index (κ1) is 81.7. The Hall–Kier alpha value is -8.41. The van der Waals surface area contributed by atoms with Gasteiger partial charge in [0, 0.05) is 67.8 Å². The molecule has 0 radical (unpaired) electrons. The fourth-order valence-electron chi connectivity index (χ4n) is 9.50. The lowest BCUT2D eigenvalue weighted by Crippen LogP contribution is -2.32. The summed E-state index contributed by atoms with van der Waals surface area (Å²) < 4.78 is 18.5. The Balaban J connectivity index is 0.000000653. The van der Waals surface area contributed by atoms with E-state index in [0.29, 0.717) is 52.6 Å². The number of carboxylic acids is 1. The average molecular weight is 1370 g/mol. The van der Waals surface area contributed by atoms with E-state index >= 15 is 0 Å². The number of carbonyl (C=O) groups is 11. The molecule has 3 aromatic carbocycles. The van der Waals surface area contributed by atoms with Crippen molar-refractivity contribution in [1.29, 1.82) is 0 Å². The van der Waals surface area contributed by atoms with Gasteiger partial charge in [-0.05, 0) is 87.5 Å². The smallest absolute Gasteiger partial charge is 0.344 e. The zero-order valence-electron chi connectivity index (χ0n) is 53.5. The van der Waals surface area contributed by atoms with Crippen molar-refractivity contribution in [3.05, 3.63) is 191 Å². The quantitative estimate of drug-likeness (QED) is 0.00840. The molecular weight excluding hydrogens is 1290 g/mol. The van der Waals surface area contributed by atoms with Crippen LogP contribution in [0.1, 0.15) is 206 Å². The molecule has 0 bridgehead atoms. The van der Waals surface area contributed by atoms with Crippen LogP contribution in [0.25, 0.3) is 0 Å². The monoisotopic (exact) mass is 1370 g/mol. The molecule has 6 amide bonds. The van der Waals surface area contributed by atoms with Crippen LogP contribution in [0.2, 0.25) is 0 Å². The predicted octanol–water partition coefficient (Wildman–Crippen LogP) is 15.2. The second kappa shape index (κ2) is 49.2. The number of unbranched alkanes of at least 4 members (excludes halogenated alkanes) is 11. The van der Waals surface area contributed by atoms with Crippen LogP contribution in [0.15, 0.2) is 158 Å². The molecule has 0 aromatic heterocycles. The Labute approximate surface area is 569 Å². The molecule has 3 heterocycles. The second-order valence-corrected chi connectivity index (χ2v) is 23.9. The first-order valence-electron chi connectivity index (χ1n) is 31.3. The Bertz CT molecular complexity index is 3110. The highest BCUT2D eigenvalue weighted by molar-refractivity contribution is 8.26. The molecule has 22 heteroatoms. The molecular formula is C72H86Cl3N3O15S. The topological polar surface area (TPSA) is 253 Å². The van der Waals surface area contributed by atoms with Crippen LogP contribution in [0.3, 0.4) is 0 Å². The number of amides is 6. The highest BCUT2D eigenvalue weighted by Crippen LogP contribution is 2.26. The Kier molecular flexibility index (Phi) is 42.8. The largest absolute Gasteiger partial charge is 0.481 e. The minimum absolute atomic E-state index is 0. The van der Waals surface area contributed by atoms with Crippen molar-refractivity contribution >= 4 is 107 Å². The van der Waals surface area contributed by atoms with E-state index < -0.39 is 38.3 Å². The van der Waals surface area contributed by atoms with Gasteiger partial charge in [-0.3, -0.25) is 62.6 Å². The first-order valence-corrected chi connectivity index (χ1v) is 34.4. The predicted molar refractivity (Wildman–Crippen MR) is 369 cm³/mol. The summed E-state index contributed by atoms with van der Waals surface area (Å²) in [5.74, 6) is -4.76. The minimum atomic E-state index is -1.67. The van der Waals surface area contributed by atoms with Crippen molar-refractivity contribution in [2.45, 2.75) is 143 Å². The molecule has 6 rings (SSSR count). The van der Waals surface area contributed by atoms with E-state index in [2.05, 4.69) is 33.0 Å². The number of aliphatic carboxylic acids is 1. The van der Waals surface area contributed by atoms with E-state index in [1.54, 1.807) is 104 Å². The molecule has 3 aromatic rings. The third-order valence-electron chi connectivity index (χ3n) is 14.1. The van der Waals surface area contributed by atoms with Gasteiger partial charge in [0.2, 0.25) is 14.5 Å². The number of nitrogens with zero attached hydrogens (tertiary/aromatic N) is 3. The van der Waals surface area contributed by atoms with Gasteiger partial charge in [0.1, 0.15) is 17.8 Å². The third kappa shape index (κ3) is 31.9. The fourth-order valence-corrected chi connectivity index (χ4v) is 9.63. The number of benzene rings is 3. The van der Waals surface area contributed by atoms with E-state index in [1.807, 2.05) is 67.7 Å². The zero-order valence-corrected chi connectivity index (χ0v) is 56.6. The van der Waals surface area contributed by atoms with E-state index in [-0.39, 0.29) is 94.6 Å². The SMILES string of the molecule is C#COC(=O)\C=C/C=C/C=C/C=C/C=C/C=C/C=C/C.CCCCCCCCCCCCCCC(C(=O)CCCN1C(=O)c2ccccc2C1=O)C(=O)OCC.O=C(Cl)CCCN1C(=O)c2ccccc2C1=O.O=C(O)CCCN1C(=O)c2ccccc2C1=O.O=S(Cl)Cl.[HH]. The van der Waals surface area contributed by atoms with Crippen LogP contribution >= 0.6 is 33.0 Å². The number of ether oxygens (including phenoxy) is 2. The summed E-state index contributed by atoms with van der Waals surface area (Å²) in [6, 6.07) is 20.1. The third-order valence-corrected chi connectivity index (χ3v) is 14.3. The van der Waals surface area contributed by atoms with E-state index in [4.69, 9.17) is 32.1 Å². The van der Waals surface area contributed by atoms with Gasteiger partial charge in [0.25, 0.3) is 35.4 Å². The zero-order chi connectivity index (χ0) is 69.5. The van der Waals surface area contributed by atoms with Crippen molar-refractivity contribution in [3.63, 3.8) is 0 Å². The summed E-state index contributed by atoms with van der Waals surface area (Å²) >= 11 is 5.20. The number of hydrogen-bond acceptors (Lipinski definition) is 14. The summed E-state index contributed by atoms with van der Waals surface area (Å²) in [7, 11) is 7.36. The Morgan fingerprint density at radius 2 is 0.840 bits per heavy atom. The number of ketones is 1. The minimum Gasteiger partial charge on any atom is -0.481 e. The van der Waals surface area contributed by atoms with Crippen molar-refractivity contribution in [1.82, 2.24) is 14.7 Å². The molecule has 1 atom stereocenters. The van der Waals surface area contributed by atoms with Gasteiger partial charge >= 0.3 is 17.9 Å². The van der Waals surface area contributed by atoms with Gasteiger partial charge in [0.05, 0.1) is 40.0 Å². The van der Waals surface area contributed by atoms with E-state index in [0.717, 1.165) is 29.1 Å². The maximum absolute atomic E-state index is 12.9. The van der Waals surface area contributed by atoms with Crippen LogP contribution in [0.5, 0.6) is 0 Å². The summed E-state index contributed by atoms with van der Waals surface area (Å²) in [6.45, 7) is 6.75. The molecule has 3 aliphatic heterocycles. The van der Waals surface area contributed by atoms with Crippen molar-refractivity contribution in [3.8, 4) is 12.5 Å². The van der Waals surface area contributed by atoms with Crippen LogP contribution in [0, 0.1) is 18.4 Å². The van der Waals surface area contributed by atoms with Crippen molar-refractivity contribution < 1.29 is 73.0 Å². The number of rotatable bonds is 35. The average Bonchev–Trinajstić information content (AvgIpc) is 1.67. The van der Waals surface area contributed by atoms with Gasteiger partial charge in [-0.1, -0.05) is 206 Å². The number of halogens is 3. The maximum Gasteiger partial charge on any atom is 0.344 e. The number of carbonyl (C=O) groups excluding carboxylic acids is 10. The number of hydrogen-bond donors (Lipinski definition) is 1. The van der Waals surface area contributed by atoms with E-state index in [9.17, 15) is 52.7 Å². The number of Topliss-reactive ketones (excluding diaryl/α,β-unsaturated/α-hetero) is 1. The maximum atomic E-state index is 12.9. The number of fused-ring (bicyclic) bond motifs is 3. The molecule has 1 N–H and O–H groups in total. The normalized spacial score (nSPS) is 13.4. The number of carboxylic acid groups (broad SMARTS) is 1. The lowest BCUT2D eigenvalue weighted by atomic mass is 9.93. The molecule has 3 aliphatic rings. The van der Waals surface area contributed by atoms with E-state index in [1.165, 1.54) is 68.8 Å². The lowest BCUT2D eigenvalue weighted by Gasteiger charge is -2.16. The summed E-state index contributed by atoms with van der Waals surface area (Å²) in [4.78, 5) is 133. The molecule has 0 saturated carbocycles. The van der Waals surface area contributed by atoms with Gasteiger partial charge in [-0.25, -0.2) is 9.00 Å². The summed E-state index contributed by atoms with van der Waals surface area (Å²) in [5, 5.41) is 8.05. The first-order chi connectivity index (χ1) is 45.3. The van der Waals surface area contributed by atoms with Gasteiger partial charge in [0.15, 0.2) is 0 Å². The fraction of sp³-hybridized carbons (Fsp3) is 0.375. The van der Waals surface area contributed by atoms with Crippen molar-refractivity contribution in [2.75, 3.05) is 26.2 Å². The summed E-state index contributed by atoms with van der Waals surface area (Å²) in [6.07, 6.45) is 48.7. The molecule has 0 spiro atoms. The van der Waals surface area contributed by atoms with Crippen LogP contribution < -0.4 is 0 Å². The second-order valence-electron chi connectivity index (χ2n) is 21.0. The number of terminal acetylenes is 1. The number of imide groups is 3. The van der Waals surface area contributed by atoms with Gasteiger partial charge in [-0.15, -0.1) is 0 Å². The number of allylic oxidation sites excluding steroid dienone is 13. The molecule has 0 saturated heterocycles. The van der Waals surface area contributed by atoms with Crippen molar-refractivity contribution in [2.24, 2.45) is 5.92 Å². The molecule has 0 fully saturated rings. The van der Waals surface area contributed by atoms with Crippen LogP contribution in [-0.2, 0) is 42.7 Å². The lowest BCUT2D eigenvalue weighted by molar-refractivity contribution is -0.152. The standard InChI is InChI=1S/C30H45NO5.C18H18O2.C12H10ClNO3.C12H11NO4.Cl2OS.H2/c1-3-5-6-7-8-9-10-11-12-13-14-15-21-26(30(35)36-4-2)27(32)22-18-23-31-28(33)24-19-16-17-20-25(24)29(31)34;1-3-5-6-7-8-9-10-11-12-13-14-15-16-17-18(19)20-4-2;13-10(15)6-3-7-14-11(16)8-4-1-2-5-9(8)12(14)17;14-10(15)6-3-7-13-11(16)8-4-1-2-5-9(8)12(13)17;1-4(2)3;/h16-17,19-20,26H,3-15,18,21-23H2,1-2H3;2-3,5-17H,1H3;1-2,4-5H,3,6-7H2;1-2,4-5H,3,6-7H2,(H,14,15);;1H/b;5-3+,7-6+,9-8+,11-10+,13-12+,15-14+,17-16-;;;;. The van der Waals surface area contributed by atoms with Gasteiger partial charge < -0.3 is 14.6 Å². The molecule has 0 aliphatic carbocycles. The molecule has 506 valence electrons. The van der Waals surface area contributed by atoms with Crippen LogP contribution in [0.4, 0.5) is 0 Å². The Morgan fingerprint density at radius 3 is 1.16 bits per heavy atom. The highest BCUT2D eigenvalue weighted by atomic mass is 36.0. The highest BCUT2D eigenvalue weighted by Gasteiger charge is 2.37. The summed E-state index contributed by atoms with van der Waals surface area (Å²) in [5.41, 5.74) is 2.46. The molecule has 1 unspecified atom stereocenters. The van der Waals surface area contributed by atoms with Crippen LogP contribution in [-0.4, -0.2) is 115 Å². The molecule has 94 heavy (non-hydrogen) atoms. The number of esters is 2. The Morgan fingerprint density at radius 1 is 0.521 bits per heavy atom. The molecule has 18 nitrogen and oxygen atoms in total. The van der Waals surface area contributed by atoms with Gasteiger partial charge in [-0.2, -0.15) is 0 Å².